The zero-order chi connectivity index (χ0) is 10.9. The summed E-state index contributed by atoms with van der Waals surface area (Å²) < 4.78 is 0. The Bertz CT molecular complexity index is 209. The van der Waals surface area contributed by atoms with Gasteiger partial charge in [-0.2, -0.15) is 0 Å². The lowest BCUT2D eigenvalue weighted by molar-refractivity contribution is 0.0968. The predicted molar refractivity (Wildman–Crippen MR) is 65.0 cm³/mol. The maximum absolute atomic E-state index is 3.50. The number of hydrogen-bond donors (Lipinski definition) is 1. The average molecular weight is 210 g/mol. The Morgan fingerprint density at radius 3 is 2.73 bits per heavy atom. The van der Waals surface area contributed by atoms with Crippen LogP contribution in [-0.4, -0.2) is 37.6 Å². The average Bonchev–Trinajstić information content (AvgIpc) is 2.59. The van der Waals surface area contributed by atoms with Crippen LogP contribution >= 0.6 is 0 Å². The van der Waals surface area contributed by atoms with Crippen molar-refractivity contribution in [2.45, 2.75) is 33.6 Å². The Balaban J connectivity index is 1.84. The molecule has 2 nitrogen and oxygen atoms in total. The summed E-state index contributed by atoms with van der Waals surface area (Å²) >= 11 is 0. The Morgan fingerprint density at radius 2 is 2.13 bits per heavy atom. The molecule has 15 heavy (non-hydrogen) atoms. The van der Waals surface area contributed by atoms with E-state index in [9.17, 15) is 0 Å². The highest BCUT2D eigenvalue weighted by molar-refractivity contribution is 4.88. The summed E-state index contributed by atoms with van der Waals surface area (Å²) in [7, 11) is 0. The quantitative estimate of drug-likeness (QED) is 0.749. The summed E-state index contributed by atoms with van der Waals surface area (Å²) in [5.74, 6) is 1.81. The van der Waals surface area contributed by atoms with Crippen molar-refractivity contribution in [2.24, 2.45) is 17.3 Å². The standard InChI is InChI=1S/C13H26N2/c1-11-4-7-15(8-12(11)2)10-13(3)5-6-14-9-13/h11-12,14H,4-10H2,1-3H3. The molecule has 0 aromatic heterocycles. The van der Waals surface area contributed by atoms with Crippen molar-refractivity contribution < 1.29 is 0 Å². The molecule has 0 amide bonds. The van der Waals surface area contributed by atoms with Crippen molar-refractivity contribution in [3.63, 3.8) is 0 Å². The van der Waals surface area contributed by atoms with E-state index in [0.29, 0.717) is 5.41 Å². The van der Waals surface area contributed by atoms with Gasteiger partial charge in [-0.05, 0) is 43.2 Å². The first-order valence-electron chi connectivity index (χ1n) is 6.52. The van der Waals surface area contributed by atoms with Crippen LogP contribution in [0.4, 0.5) is 0 Å². The van der Waals surface area contributed by atoms with E-state index in [-0.39, 0.29) is 0 Å². The summed E-state index contributed by atoms with van der Waals surface area (Å²) in [6.45, 7) is 13.6. The molecule has 0 aromatic carbocycles. The van der Waals surface area contributed by atoms with Gasteiger partial charge in [-0.3, -0.25) is 0 Å². The lowest BCUT2D eigenvalue weighted by Gasteiger charge is -2.39. The van der Waals surface area contributed by atoms with Crippen molar-refractivity contribution in [1.82, 2.24) is 10.2 Å². The summed E-state index contributed by atoms with van der Waals surface area (Å²) in [6.07, 6.45) is 2.75. The second-order valence-corrected chi connectivity index (χ2v) is 6.22. The molecule has 3 atom stereocenters. The van der Waals surface area contributed by atoms with Gasteiger partial charge in [0, 0.05) is 19.6 Å². The molecular weight excluding hydrogens is 184 g/mol. The summed E-state index contributed by atoms with van der Waals surface area (Å²) in [5, 5.41) is 3.50. The smallest absolute Gasteiger partial charge is 0.00481 e. The van der Waals surface area contributed by atoms with Crippen LogP contribution in [0.25, 0.3) is 0 Å². The van der Waals surface area contributed by atoms with Gasteiger partial charge in [0.1, 0.15) is 0 Å². The van der Waals surface area contributed by atoms with Gasteiger partial charge in [0.05, 0.1) is 0 Å². The normalized spacial score (nSPS) is 43.4. The SMILES string of the molecule is CC1CCN(CC2(C)CCNC2)CC1C. The third kappa shape index (κ3) is 2.73. The van der Waals surface area contributed by atoms with Gasteiger partial charge in [0.2, 0.25) is 0 Å². The minimum Gasteiger partial charge on any atom is -0.316 e. The molecule has 0 spiro atoms. The van der Waals surface area contributed by atoms with Crippen molar-refractivity contribution in [3.8, 4) is 0 Å². The first-order valence-corrected chi connectivity index (χ1v) is 6.52. The number of likely N-dealkylation sites (tertiary alicyclic amines) is 1. The number of rotatable bonds is 2. The number of nitrogens with one attached hydrogen (secondary N) is 1. The highest BCUT2D eigenvalue weighted by atomic mass is 15.1. The van der Waals surface area contributed by atoms with Crippen LogP contribution in [0.2, 0.25) is 0 Å². The van der Waals surface area contributed by atoms with Gasteiger partial charge in [-0.1, -0.05) is 20.8 Å². The zero-order valence-corrected chi connectivity index (χ0v) is 10.6. The molecule has 0 aliphatic carbocycles. The van der Waals surface area contributed by atoms with Gasteiger partial charge in [-0.25, -0.2) is 0 Å². The Morgan fingerprint density at radius 1 is 1.33 bits per heavy atom. The van der Waals surface area contributed by atoms with Crippen molar-refractivity contribution in [2.75, 3.05) is 32.7 Å². The molecule has 1 N–H and O–H groups in total. The van der Waals surface area contributed by atoms with E-state index in [4.69, 9.17) is 0 Å². The lowest BCUT2D eigenvalue weighted by atomic mass is 9.85. The second kappa shape index (κ2) is 4.42. The van der Waals surface area contributed by atoms with Crippen LogP contribution in [0.15, 0.2) is 0 Å². The van der Waals surface area contributed by atoms with E-state index >= 15 is 0 Å². The molecule has 3 unspecified atom stereocenters. The third-order valence-electron chi connectivity index (χ3n) is 4.48. The zero-order valence-electron chi connectivity index (χ0n) is 10.6. The van der Waals surface area contributed by atoms with E-state index in [1.807, 2.05) is 0 Å². The molecule has 2 heteroatoms. The van der Waals surface area contributed by atoms with Crippen LogP contribution in [0.3, 0.4) is 0 Å². The number of hydrogen-bond acceptors (Lipinski definition) is 2. The minimum absolute atomic E-state index is 0.542. The molecule has 2 saturated heterocycles. The van der Waals surface area contributed by atoms with E-state index in [0.717, 1.165) is 11.8 Å². The fourth-order valence-electron chi connectivity index (χ4n) is 3.04. The monoisotopic (exact) mass is 210 g/mol. The molecule has 0 radical (unpaired) electrons. The van der Waals surface area contributed by atoms with Gasteiger partial charge >= 0.3 is 0 Å². The molecular formula is C13H26N2. The first-order chi connectivity index (χ1) is 7.09. The molecule has 0 saturated carbocycles. The van der Waals surface area contributed by atoms with Crippen molar-refractivity contribution >= 4 is 0 Å². The highest BCUT2D eigenvalue weighted by Crippen LogP contribution is 2.29. The maximum atomic E-state index is 3.50. The molecule has 2 fully saturated rings. The topological polar surface area (TPSA) is 15.3 Å². The minimum atomic E-state index is 0.542. The van der Waals surface area contributed by atoms with Crippen LogP contribution < -0.4 is 5.32 Å². The van der Waals surface area contributed by atoms with Crippen LogP contribution in [-0.2, 0) is 0 Å². The van der Waals surface area contributed by atoms with Crippen LogP contribution in [0, 0.1) is 17.3 Å². The van der Waals surface area contributed by atoms with Crippen molar-refractivity contribution in [3.05, 3.63) is 0 Å². The first kappa shape index (κ1) is 11.4. The van der Waals surface area contributed by atoms with Gasteiger partial charge in [0.15, 0.2) is 0 Å². The van der Waals surface area contributed by atoms with Crippen molar-refractivity contribution in [1.29, 1.82) is 0 Å². The Kier molecular flexibility index (Phi) is 3.36. The molecule has 2 rings (SSSR count). The molecule has 0 bridgehead atoms. The molecule has 2 heterocycles. The van der Waals surface area contributed by atoms with Gasteiger partial charge in [-0.15, -0.1) is 0 Å². The van der Waals surface area contributed by atoms with Gasteiger partial charge < -0.3 is 10.2 Å². The summed E-state index contributed by atoms with van der Waals surface area (Å²) in [4.78, 5) is 2.69. The van der Waals surface area contributed by atoms with Crippen LogP contribution in [0.1, 0.15) is 33.6 Å². The molecule has 2 aliphatic rings. The fourth-order valence-corrected chi connectivity index (χ4v) is 3.04. The summed E-state index contributed by atoms with van der Waals surface area (Å²) in [5.41, 5.74) is 0.542. The third-order valence-corrected chi connectivity index (χ3v) is 4.48. The summed E-state index contributed by atoms with van der Waals surface area (Å²) in [6, 6.07) is 0. The fraction of sp³-hybridized carbons (Fsp3) is 1.00. The Hall–Kier alpha value is -0.0800. The second-order valence-electron chi connectivity index (χ2n) is 6.22. The van der Waals surface area contributed by atoms with Gasteiger partial charge in [0.25, 0.3) is 0 Å². The van der Waals surface area contributed by atoms with E-state index < -0.39 is 0 Å². The number of piperidine rings is 1. The maximum Gasteiger partial charge on any atom is 0.00481 e. The Labute approximate surface area is 94.4 Å². The molecule has 88 valence electrons. The van der Waals surface area contributed by atoms with E-state index in [1.54, 1.807) is 0 Å². The van der Waals surface area contributed by atoms with E-state index in [1.165, 1.54) is 45.6 Å². The highest BCUT2D eigenvalue weighted by Gasteiger charge is 2.32. The van der Waals surface area contributed by atoms with Crippen LogP contribution in [0.5, 0.6) is 0 Å². The predicted octanol–water partition coefficient (Wildman–Crippen LogP) is 1.96. The lowest BCUT2D eigenvalue weighted by Crippen LogP contribution is -2.44. The number of nitrogens with zero attached hydrogens (tertiary/aromatic N) is 1. The molecule has 0 aromatic rings. The van der Waals surface area contributed by atoms with E-state index in [2.05, 4.69) is 31.0 Å². The molecule has 2 aliphatic heterocycles. The largest absolute Gasteiger partial charge is 0.316 e.